The maximum absolute atomic E-state index is 12.4. The maximum Gasteiger partial charge on any atom is 0.534 e. The number of carbonyl (C=O) groups is 2. The van der Waals surface area contributed by atoms with Gasteiger partial charge in [-0.3, -0.25) is 0 Å². The molecule has 0 spiro atoms. The summed E-state index contributed by atoms with van der Waals surface area (Å²) in [5, 5.41) is 9.61. The van der Waals surface area contributed by atoms with Gasteiger partial charge in [0.2, 0.25) is 0 Å². The number of allylic oxidation sites excluding steroid dienone is 4. The van der Waals surface area contributed by atoms with Crippen molar-refractivity contribution in [1.82, 2.24) is 0 Å². The van der Waals surface area contributed by atoms with Crippen LogP contribution in [0.5, 0.6) is 0 Å². The number of carbonyl (C=O) groups excluding carboxylic acids is 1. The Labute approximate surface area is 157 Å². The normalized spacial score (nSPS) is 16.2. The molecule has 0 bridgehead atoms. The highest BCUT2D eigenvalue weighted by Gasteiger charge is 2.49. The number of benzene rings is 1. The molecule has 0 amide bonds. The molecule has 28 heavy (non-hydrogen) atoms. The zero-order valence-corrected chi connectivity index (χ0v) is 14.7. The second-order valence-corrected chi connectivity index (χ2v) is 7.34. The minimum absolute atomic E-state index is 0.00118. The molecular formula is C17H12F3NO6S. The van der Waals surface area contributed by atoms with E-state index in [2.05, 4.69) is 4.18 Å². The summed E-state index contributed by atoms with van der Waals surface area (Å²) in [5.74, 6) is -2.86. The predicted octanol–water partition coefficient (Wildman–Crippen LogP) is 2.58. The first-order valence-electron chi connectivity index (χ1n) is 7.77. The Morgan fingerprint density at radius 2 is 1.89 bits per heavy atom. The van der Waals surface area contributed by atoms with Gasteiger partial charge in [0.05, 0.1) is 5.57 Å². The highest BCUT2D eigenvalue weighted by molar-refractivity contribution is 7.88. The third-order valence-corrected chi connectivity index (χ3v) is 5.04. The third-order valence-electron chi connectivity index (χ3n) is 4.07. The molecule has 2 aliphatic rings. The fraction of sp³-hybridized carbons (Fsp3) is 0.176. The van der Waals surface area contributed by atoms with E-state index in [4.69, 9.17) is 0 Å². The fourth-order valence-electron chi connectivity index (χ4n) is 2.99. The van der Waals surface area contributed by atoms with Crippen LogP contribution in [0.3, 0.4) is 0 Å². The number of carboxylic acid groups (broad SMARTS) is 1. The predicted molar refractivity (Wildman–Crippen MR) is 91.3 cm³/mol. The summed E-state index contributed by atoms with van der Waals surface area (Å²) in [6, 6.07) is 6.08. The third kappa shape index (κ3) is 3.40. The second kappa shape index (κ2) is 6.82. The SMILES string of the molecule is O=C(CN1C2=CC=CCC2=C(C(=O)O)c2ccccc21)OS(=O)(=O)C(F)(F)F. The number of hydrogen-bond acceptors (Lipinski definition) is 6. The summed E-state index contributed by atoms with van der Waals surface area (Å²) in [4.78, 5) is 25.0. The van der Waals surface area contributed by atoms with Crippen LogP contribution in [0.25, 0.3) is 5.57 Å². The van der Waals surface area contributed by atoms with Crippen LogP contribution >= 0.6 is 0 Å². The molecule has 0 aromatic heterocycles. The number of halogens is 3. The maximum atomic E-state index is 12.4. The van der Waals surface area contributed by atoms with Crippen molar-refractivity contribution in [2.75, 3.05) is 11.4 Å². The summed E-state index contributed by atoms with van der Waals surface area (Å²) >= 11 is 0. The van der Waals surface area contributed by atoms with E-state index in [9.17, 15) is 36.3 Å². The van der Waals surface area contributed by atoms with E-state index in [1.165, 1.54) is 23.1 Å². The quantitative estimate of drug-likeness (QED) is 0.596. The summed E-state index contributed by atoms with van der Waals surface area (Å²) in [7, 11) is -6.09. The van der Waals surface area contributed by atoms with Crippen LogP contribution in [0, 0.1) is 0 Å². The highest BCUT2D eigenvalue weighted by atomic mass is 32.2. The first-order valence-corrected chi connectivity index (χ1v) is 9.18. The molecule has 1 aromatic rings. The van der Waals surface area contributed by atoms with Crippen LogP contribution in [0.2, 0.25) is 0 Å². The monoisotopic (exact) mass is 415 g/mol. The molecule has 148 valence electrons. The molecule has 1 aliphatic heterocycles. The number of fused-ring (bicyclic) bond motifs is 2. The molecule has 7 nitrogen and oxygen atoms in total. The van der Waals surface area contributed by atoms with Crippen molar-refractivity contribution < 1.29 is 40.5 Å². The molecule has 1 aliphatic carbocycles. The molecule has 0 atom stereocenters. The van der Waals surface area contributed by atoms with Crippen molar-refractivity contribution in [2.24, 2.45) is 0 Å². The van der Waals surface area contributed by atoms with Gasteiger partial charge in [-0.05, 0) is 24.1 Å². The van der Waals surface area contributed by atoms with Gasteiger partial charge in [0.25, 0.3) is 0 Å². The van der Waals surface area contributed by atoms with E-state index in [0.29, 0.717) is 5.57 Å². The number of nitrogens with zero attached hydrogens (tertiary/aromatic N) is 1. The molecule has 1 N–H and O–H groups in total. The van der Waals surface area contributed by atoms with Crippen LogP contribution in [0.1, 0.15) is 12.0 Å². The van der Waals surface area contributed by atoms with Gasteiger partial charge in [-0.15, -0.1) is 0 Å². The van der Waals surface area contributed by atoms with Gasteiger partial charge < -0.3 is 14.2 Å². The molecule has 0 fully saturated rings. The topological polar surface area (TPSA) is 101 Å². The molecule has 1 heterocycles. The van der Waals surface area contributed by atoms with Crippen LogP contribution in [-0.4, -0.2) is 37.5 Å². The van der Waals surface area contributed by atoms with Crippen molar-refractivity contribution >= 4 is 33.3 Å². The Hall–Kier alpha value is -3.08. The molecule has 0 saturated carbocycles. The first kappa shape index (κ1) is 19.7. The Morgan fingerprint density at radius 1 is 1.21 bits per heavy atom. The van der Waals surface area contributed by atoms with Gasteiger partial charge in [-0.2, -0.15) is 21.6 Å². The van der Waals surface area contributed by atoms with Crippen molar-refractivity contribution in [3.05, 3.63) is 59.3 Å². The molecule has 0 radical (unpaired) electrons. The molecule has 1 aromatic carbocycles. The van der Waals surface area contributed by atoms with E-state index in [1.807, 2.05) is 0 Å². The molecule has 3 rings (SSSR count). The summed E-state index contributed by atoms with van der Waals surface area (Å²) in [6.45, 7) is -0.859. The van der Waals surface area contributed by atoms with Gasteiger partial charge >= 0.3 is 27.6 Å². The van der Waals surface area contributed by atoms with Crippen molar-refractivity contribution in [1.29, 1.82) is 0 Å². The lowest BCUT2D eigenvalue weighted by Gasteiger charge is -2.35. The highest BCUT2D eigenvalue weighted by Crippen LogP contribution is 2.42. The van der Waals surface area contributed by atoms with E-state index in [-0.39, 0.29) is 28.9 Å². The van der Waals surface area contributed by atoms with Gasteiger partial charge in [-0.1, -0.05) is 30.4 Å². The Kier molecular flexibility index (Phi) is 4.79. The molecule has 11 heteroatoms. The number of aliphatic carboxylic acids is 1. The van der Waals surface area contributed by atoms with E-state index in [1.54, 1.807) is 24.3 Å². The molecular weight excluding hydrogens is 403 g/mol. The molecule has 0 unspecified atom stereocenters. The van der Waals surface area contributed by atoms with Gasteiger partial charge in [0.1, 0.15) is 6.54 Å². The van der Waals surface area contributed by atoms with Crippen LogP contribution in [-0.2, 0) is 23.9 Å². The number of para-hydroxylation sites is 1. The largest absolute Gasteiger partial charge is 0.534 e. The average molecular weight is 415 g/mol. The number of anilines is 1. The Balaban J connectivity index is 2.02. The lowest BCUT2D eigenvalue weighted by atomic mass is 9.87. The average Bonchev–Trinajstić information content (AvgIpc) is 2.59. The van der Waals surface area contributed by atoms with Crippen molar-refractivity contribution in [3.63, 3.8) is 0 Å². The van der Waals surface area contributed by atoms with Gasteiger partial charge in [-0.25, -0.2) is 9.59 Å². The first-order chi connectivity index (χ1) is 13.0. The van der Waals surface area contributed by atoms with Gasteiger partial charge in [0, 0.05) is 16.9 Å². The zero-order chi connectivity index (χ0) is 20.7. The summed E-state index contributed by atoms with van der Waals surface area (Å²) in [5.41, 5.74) is -4.65. The van der Waals surface area contributed by atoms with E-state index < -0.39 is 34.1 Å². The van der Waals surface area contributed by atoms with E-state index >= 15 is 0 Å². The van der Waals surface area contributed by atoms with Crippen LogP contribution < -0.4 is 4.90 Å². The second-order valence-electron chi connectivity index (χ2n) is 5.80. The van der Waals surface area contributed by atoms with Crippen molar-refractivity contribution in [2.45, 2.75) is 11.9 Å². The van der Waals surface area contributed by atoms with Crippen molar-refractivity contribution in [3.8, 4) is 0 Å². The van der Waals surface area contributed by atoms with Gasteiger partial charge in [0.15, 0.2) is 0 Å². The fourth-order valence-corrected chi connectivity index (χ4v) is 3.38. The van der Waals surface area contributed by atoms with Crippen LogP contribution in [0.4, 0.5) is 18.9 Å². The summed E-state index contributed by atoms with van der Waals surface area (Å²) < 4.78 is 63.2. The van der Waals surface area contributed by atoms with E-state index in [0.717, 1.165) is 0 Å². The zero-order valence-electron chi connectivity index (χ0n) is 13.9. The lowest BCUT2D eigenvalue weighted by Crippen LogP contribution is -2.37. The Morgan fingerprint density at radius 3 is 2.54 bits per heavy atom. The standard InChI is InChI=1S/C17H12F3NO6S/c18-17(19,20)28(25,26)27-14(22)9-21-12-7-3-1-5-10(12)15(16(23)24)11-6-2-4-8-13(11)21/h1-5,7-8H,6,9H2,(H,23,24). The van der Waals surface area contributed by atoms with Crippen LogP contribution in [0.15, 0.2) is 53.8 Å². The lowest BCUT2D eigenvalue weighted by molar-refractivity contribution is -0.134. The Bertz CT molecular complexity index is 1050. The number of alkyl halides is 3. The minimum Gasteiger partial charge on any atom is -0.478 e. The smallest absolute Gasteiger partial charge is 0.478 e. The molecule has 0 saturated heterocycles. The summed E-state index contributed by atoms with van der Waals surface area (Å²) in [6.07, 6.45) is 4.98. The number of carboxylic acids is 1. The number of hydrogen-bond donors (Lipinski definition) is 1. The number of rotatable bonds is 4. The minimum atomic E-state index is -6.09.